The highest BCUT2D eigenvalue weighted by atomic mass is 16.3. The maximum Gasteiger partial charge on any atom is 0.249 e. The predicted octanol–water partition coefficient (Wildman–Crippen LogP) is 2.73. The minimum Gasteiger partial charge on any atom is -0.506 e. The fourth-order valence-corrected chi connectivity index (χ4v) is 3.09. The molecule has 0 spiro atoms. The van der Waals surface area contributed by atoms with Gasteiger partial charge in [-0.2, -0.15) is 4.98 Å². The van der Waals surface area contributed by atoms with Crippen LogP contribution in [0.1, 0.15) is 27.7 Å². The number of aromatic nitrogens is 2. The smallest absolute Gasteiger partial charge is 0.249 e. The van der Waals surface area contributed by atoms with Gasteiger partial charge in [-0.15, -0.1) is 0 Å². The summed E-state index contributed by atoms with van der Waals surface area (Å²) >= 11 is 0. The van der Waals surface area contributed by atoms with E-state index in [1.54, 1.807) is 30.3 Å². The number of nitrogen functional groups attached to an aromatic ring is 1. The van der Waals surface area contributed by atoms with E-state index in [2.05, 4.69) is 36.1 Å². The zero-order valence-corrected chi connectivity index (χ0v) is 16.3. The summed E-state index contributed by atoms with van der Waals surface area (Å²) in [7, 11) is 1.73. The van der Waals surface area contributed by atoms with Crippen LogP contribution in [0.4, 0.5) is 28.8 Å². The molecule has 144 valence electrons. The standard InChI is InChI=1S/C19H26N6O2/c1-11-17(27)24(5)14-9-21-18(22-13-7-6-12(20)8-15(13)26)23-16(14)25(11)10-19(2,3)4/h6-9,11,26H,10,20H2,1-5H3,(H,21,22,23). The number of anilines is 5. The second-order valence-electron chi connectivity index (χ2n) is 8.07. The quantitative estimate of drug-likeness (QED) is 0.563. The summed E-state index contributed by atoms with van der Waals surface area (Å²) < 4.78 is 0. The van der Waals surface area contributed by atoms with Crippen LogP contribution in [0.15, 0.2) is 24.4 Å². The molecule has 0 fully saturated rings. The van der Waals surface area contributed by atoms with Crippen LogP contribution in [0.3, 0.4) is 0 Å². The van der Waals surface area contributed by atoms with Gasteiger partial charge >= 0.3 is 0 Å². The zero-order chi connectivity index (χ0) is 19.9. The molecule has 0 saturated heterocycles. The minimum absolute atomic E-state index is 0.00670. The fraction of sp³-hybridized carbons (Fsp3) is 0.421. The summed E-state index contributed by atoms with van der Waals surface area (Å²) in [6.07, 6.45) is 1.62. The number of carbonyl (C=O) groups is 1. The average Bonchev–Trinajstić information content (AvgIpc) is 2.58. The van der Waals surface area contributed by atoms with Crippen molar-refractivity contribution in [1.29, 1.82) is 0 Å². The van der Waals surface area contributed by atoms with Gasteiger partial charge in [-0.05, 0) is 24.5 Å². The highest BCUT2D eigenvalue weighted by Crippen LogP contribution is 2.36. The Morgan fingerprint density at radius 2 is 2.04 bits per heavy atom. The molecule has 0 radical (unpaired) electrons. The zero-order valence-electron chi connectivity index (χ0n) is 16.3. The third kappa shape index (κ3) is 3.74. The largest absolute Gasteiger partial charge is 0.506 e. The van der Waals surface area contributed by atoms with Crippen molar-refractivity contribution >= 4 is 34.7 Å². The van der Waals surface area contributed by atoms with Crippen molar-refractivity contribution in [2.24, 2.45) is 5.41 Å². The van der Waals surface area contributed by atoms with Gasteiger partial charge in [0.2, 0.25) is 11.9 Å². The molecule has 1 aliphatic rings. The Morgan fingerprint density at radius 1 is 1.33 bits per heavy atom. The van der Waals surface area contributed by atoms with Crippen molar-refractivity contribution in [2.75, 3.05) is 34.4 Å². The molecule has 3 rings (SSSR count). The molecule has 1 aliphatic heterocycles. The normalized spacial score (nSPS) is 17.1. The third-order valence-electron chi connectivity index (χ3n) is 4.45. The molecule has 2 aromatic rings. The van der Waals surface area contributed by atoms with Gasteiger partial charge in [0.25, 0.3) is 0 Å². The number of carbonyl (C=O) groups excluding carboxylic acids is 1. The Bertz CT molecular complexity index is 877. The van der Waals surface area contributed by atoms with Crippen molar-refractivity contribution < 1.29 is 9.90 Å². The summed E-state index contributed by atoms with van der Waals surface area (Å²) in [5, 5.41) is 13.1. The number of hydrogen-bond acceptors (Lipinski definition) is 7. The second-order valence-corrected chi connectivity index (χ2v) is 8.07. The predicted molar refractivity (Wildman–Crippen MR) is 108 cm³/mol. The van der Waals surface area contributed by atoms with E-state index in [0.717, 1.165) is 0 Å². The molecule has 4 N–H and O–H groups in total. The summed E-state index contributed by atoms with van der Waals surface area (Å²) in [5.74, 6) is 1.05. The molecule has 1 aromatic heterocycles. The van der Waals surface area contributed by atoms with Crippen LogP contribution in [-0.2, 0) is 4.79 Å². The van der Waals surface area contributed by atoms with Gasteiger partial charge < -0.3 is 26.0 Å². The molecule has 1 amide bonds. The molecular formula is C19H26N6O2. The summed E-state index contributed by atoms with van der Waals surface area (Å²) in [6, 6.07) is 4.48. The lowest BCUT2D eigenvalue weighted by Crippen LogP contribution is -2.53. The van der Waals surface area contributed by atoms with Crippen molar-refractivity contribution in [3.05, 3.63) is 24.4 Å². The fourth-order valence-electron chi connectivity index (χ4n) is 3.09. The Morgan fingerprint density at radius 3 is 2.67 bits per heavy atom. The number of phenolic OH excluding ortho intramolecular Hbond substituents is 1. The van der Waals surface area contributed by atoms with Crippen molar-refractivity contribution in [3.8, 4) is 5.75 Å². The van der Waals surface area contributed by atoms with E-state index in [-0.39, 0.29) is 23.1 Å². The van der Waals surface area contributed by atoms with Gasteiger partial charge in [0, 0.05) is 25.3 Å². The lowest BCUT2D eigenvalue weighted by Gasteiger charge is -2.41. The van der Waals surface area contributed by atoms with E-state index in [0.29, 0.717) is 35.4 Å². The van der Waals surface area contributed by atoms with Crippen molar-refractivity contribution in [2.45, 2.75) is 33.7 Å². The number of benzene rings is 1. The van der Waals surface area contributed by atoms with E-state index in [1.807, 2.05) is 11.8 Å². The molecule has 8 heteroatoms. The molecule has 2 heterocycles. The van der Waals surface area contributed by atoms with Crippen LogP contribution in [-0.4, -0.2) is 40.6 Å². The van der Waals surface area contributed by atoms with E-state index >= 15 is 0 Å². The lowest BCUT2D eigenvalue weighted by atomic mass is 9.94. The van der Waals surface area contributed by atoms with Gasteiger partial charge in [0.15, 0.2) is 5.82 Å². The van der Waals surface area contributed by atoms with Crippen LogP contribution in [0.2, 0.25) is 0 Å². The van der Waals surface area contributed by atoms with Gasteiger partial charge in [-0.25, -0.2) is 4.98 Å². The number of nitrogens with zero attached hydrogens (tertiary/aromatic N) is 4. The van der Waals surface area contributed by atoms with Crippen LogP contribution in [0, 0.1) is 5.41 Å². The Kier molecular flexibility index (Phi) is 4.59. The number of amides is 1. The monoisotopic (exact) mass is 370 g/mol. The molecule has 8 nitrogen and oxygen atoms in total. The first kappa shape index (κ1) is 18.8. The number of nitrogens with one attached hydrogen (secondary N) is 1. The van der Waals surface area contributed by atoms with Crippen molar-refractivity contribution in [1.82, 2.24) is 9.97 Å². The molecule has 1 atom stereocenters. The molecule has 0 aliphatic carbocycles. The first-order chi connectivity index (χ1) is 12.6. The summed E-state index contributed by atoms with van der Waals surface area (Å²) in [5.41, 5.74) is 7.24. The van der Waals surface area contributed by atoms with Gasteiger partial charge in [-0.1, -0.05) is 20.8 Å². The van der Waals surface area contributed by atoms with Crippen LogP contribution in [0.25, 0.3) is 0 Å². The third-order valence-corrected chi connectivity index (χ3v) is 4.45. The summed E-state index contributed by atoms with van der Waals surface area (Å²) in [4.78, 5) is 25.1. The topological polar surface area (TPSA) is 108 Å². The molecule has 1 aromatic carbocycles. The lowest BCUT2D eigenvalue weighted by molar-refractivity contribution is -0.119. The Labute approximate surface area is 159 Å². The van der Waals surface area contributed by atoms with Crippen LogP contribution < -0.4 is 20.9 Å². The number of likely N-dealkylation sites (N-methyl/N-ethyl adjacent to an activating group) is 1. The van der Waals surface area contributed by atoms with Crippen LogP contribution in [0.5, 0.6) is 5.75 Å². The average molecular weight is 370 g/mol. The minimum atomic E-state index is -0.325. The number of phenols is 1. The molecular weight excluding hydrogens is 344 g/mol. The number of aromatic hydroxyl groups is 1. The Hall–Kier alpha value is -3.03. The second kappa shape index (κ2) is 6.61. The molecule has 0 saturated carbocycles. The first-order valence-corrected chi connectivity index (χ1v) is 8.83. The van der Waals surface area contributed by atoms with E-state index in [9.17, 15) is 9.90 Å². The Balaban J connectivity index is 2.00. The maximum atomic E-state index is 12.6. The van der Waals surface area contributed by atoms with E-state index in [4.69, 9.17) is 5.73 Å². The molecule has 0 bridgehead atoms. The molecule has 1 unspecified atom stereocenters. The van der Waals surface area contributed by atoms with Gasteiger partial charge in [0.1, 0.15) is 17.5 Å². The SMILES string of the molecule is CC1C(=O)N(C)c2cnc(Nc3ccc(N)cc3O)nc2N1CC(C)(C)C. The summed E-state index contributed by atoms with van der Waals surface area (Å²) in [6.45, 7) is 8.91. The van der Waals surface area contributed by atoms with Crippen LogP contribution >= 0.6 is 0 Å². The first-order valence-electron chi connectivity index (χ1n) is 8.83. The highest BCUT2D eigenvalue weighted by molar-refractivity contribution is 6.04. The highest BCUT2D eigenvalue weighted by Gasteiger charge is 2.37. The number of hydrogen-bond donors (Lipinski definition) is 3. The van der Waals surface area contributed by atoms with Gasteiger partial charge in [0.05, 0.1) is 11.9 Å². The van der Waals surface area contributed by atoms with E-state index < -0.39 is 0 Å². The van der Waals surface area contributed by atoms with E-state index in [1.165, 1.54) is 6.07 Å². The van der Waals surface area contributed by atoms with Crippen molar-refractivity contribution in [3.63, 3.8) is 0 Å². The maximum absolute atomic E-state index is 12.6. The number of nitrogens with two attached hydrogens (primary N) is 1. The van der Waals surface area contributed by atoms with Gasteiger partial charge in [-0.3, -0.25) is 4.79 Å². The number of fused-ring (bicyclic) bond motifs is 1. The number of rotatable bonds is 3. The molecule has 27 heavy (non-hydrogen) atoms.